The van der Waals surface area contributed by atoms with Gasteiger partial charge in [-0.2, -0.15) is 0 Å². The van der Waals surface area contributed by atoms with E-state index in [-0.39, 0.29) is 6.17 Å². The van der Waals surface area contributed by atoms with Crippen molar-refractivity contribution in [3.05, 3.63) is 53.5 Å². The van der Waals surface area contributed by atoms with E-state index in [1.54, 1.807) is 6.20 Å². The lowest BCUT2D eigenvalue weighted by molar-refractivity contribution is 0.643. The van der Waals surface area contributed by atoms with Crippen LogP contribution in [0.15, 0.2) is 36.5 Å². The highest BCUT2D eigenvalue weighted by atomic mass is 15.2. The van der Waals surface area contributed by atoms with E-state index in [0.29, 0.717) is 0 Å². The number of fused-ring (bicyclic) bond motifs is 1. The minimum absolute atomic E-state index is 0.139. The van der Waals surface area contributed by atoms with Gasteiger partial charge in [0.15, 0.2) is 0 Å². The van der Waals surface area contributed by atoms with Crippen LogP contribution in [0.1, 0.15) is 23.1 Å². The van der Waals surface area contributed by atoms with E-state index >= 15 is 0 Å². The number of anilines is 1. The molecule has 0 spiro atoms. The van der Waals surface area contributed by atoms with Crippen LogP contribution in [0.25, 0.3) is 0 Å². The average molecular weight is 226 g/mol. The van der Waals surface area contributed by atoms with Crippen molar-refractivity contribution in [2.24, 2.45) is 0 Å². The summed E-state index contributed by atoms with van der Waals surface area (Å²) in [6, 6.07) is 10.3. The number of hydrogen-bond acceptors (Lipinski definition) is 4. The zero-order valence-corrected chi connectivity index (χ0v) is 9.64. The van der Waals surface area contributed by atoms with E-state index in [0.717, 1.165) is 18.2 Å². The molecule has 1 aliphatic rings. The first-order valence-corrected chi connectivity index (χ1v) is 5.70. The number of hydrogen-bond donors (Lipinski definition) is 2. The molecule has 0 fully saturated rings. The van der Waals surface area contributed by atoms with Crippen molar-refractivity contribution in [2.75, 3.05) is 5.32 Å². The van der Waals surface area contributed by atoms with E-state index in [2.05, 4.69) is 44.9 Å². The van der Waals surface area contributed by atoms with Crippen molar-refractivity contribution in [1.29, 1.82) is 0 Å². The number of nitrogens with zero attached hydrogens (tertiary/aromatic N) is 2. The van der Waals surface area contributed by atoms with E-state index < -0.39 is 0 Å². The van der Waals surface area contributed by atoms with E-state index in [9.17, 15) is 0 Å². The fourth-order valence-electron chi connectivity index (χ4n) is 2.11. The molecule has 2 N–H and O–H groups in total. The Kier molecular flexibility index (Phi) is 2.49. The van der Waals surface area contributed by atoms with Gasteiger partial charge in [0.2, 0.25) is 0 Å². The molecule has 1 aliphatic heterocycles. The Balaban J connectivity index is 1.84. The van der Waals surface area contributed by atoms with Crippen LogP contribution in [-0.4, -0.2) is 9.97 Å². The number of benzene rings is 1. The van der Waals surface area contributed by atoms with Crippen molar-refractivity contribution >= 4 is 5.82 Å². The predicted octanol–water partition coefficient (Wildman–Crippen LogP) is 2.00. The molecule has 1 aromatic heterocycles. The Morgan fingerprint density at radius 3 is 3.06 bits per heavy atom. The molecule has 4 nitrogen and oxygen atoms in total. The van der Waals surface area contributed by atoms with Crippen LogP contribution < -0.4 is 10.6 Å². The number of nitrogens with one attached hydrogen (secondary N) is 2. The van der Waals surface area contributed by atoms with E-state index in [1.807, 2.05) is 13.0 Å². The SMILES string of the molecule is Cc1nccc(NC2NCc3ccccc32)n1. The molecule has 4 heteroatoms. The minimum Gasteiger partial charge on any atom is -0.351 e. The Labute approximate surface area is 100 Å². The van der Waals surface area contributed by atoms with Crippen LogP contribution in [0.3, 0.4) is 0 Å². The van der Waals surface area contributed by atoms with Gasteiger partial charge >= 0.3 is 0 Å². The number of aryl methyl sites for hydroxylation is 1. The lowest BCUT2D eigenvalue weighted by atomic mass is 10.1. The highest BCUT2D eigenvalue weighted by Gasteiger charge is 2.20. The maximum atomic E-state index is 4.35. The lowest BCUT2D eigenvalue weighted by Crippen LogP contribution is -2.21. The van der Waals surface area contributed by atoms with E-state index in [4.69, 9.17) is 0 Å². The number of aromatic nitrogens is 2. The second kappa shape index (κ2) is 4.14. The summed E-state index contributed by atoms with van der Waals surface area (Å²) >= 11 is 0. The zero-order chi connectivity index (χ0) is 11.7. The molecule has 0 radical (unpaired) electrons. The van der Waals surface area contributed by atoms with Gasteiger partial charge in [0.1, 0.15) is 17.8 Å². The Hall–Kier alpha value is -1.94. The minimum atomic E-state index is 0.139. The summed E-state index contributed by atoms with van der Waals surface area (Å²) in [4.78, 5) is 8.43. The summed E-state index contributed by atoms with van der Waals surface area (Å²) in [6.45, 7) is 2.79. The molecule has 0 saturated heterocycles. The van der Waals surface area contributed by atoms with Crippen LogP contribution in [0.4, 0.5) is 5.82 Å². The Bertz CT molecular complexity index is 538. The molecule has 0 bridgehead atoms. The van der Waals surface area contributed by atoms with Gasteiger partial charge in [-0.1, -0.05) is 24.3 Å². The monoisotopic (exact) mass is 226 g/mol. The summed E-state index contributed by atoms with van der Waals surface area (Å²) in [5.74, 6) is 1.63. The van der Waals surface area contributed by atoms with E-state index in [1.165, 1.54) is 11.1 Å². The molecule has 2 heterocycles. The maximum absolute atomic E-state index is 4.35. The standard InChI is InChI=1S/C13H14N4/c1-9-14-7-6-12(16-9)17-13-11-5-3-2-4-10(11)8-15-13/h2-7,13,15H,8H2,1H3,(H,14,16,17). The van der Waals surface area contributed by atoms with Crippen molar-refractivity contribution in [3.63, 3.8) is 0 Å². The fourth-order valence-corrected chi connectivity index (χ4v) is 2.11. The fraction of sp³-hybridized carbons (Fsp3) is 0.231. The predicted molar refractivity (Wildman–Crippen MR) is 66.4 cm³/mol. The Morgan fingerprint density at radius 1 is 1.29 bits per heavy atom. The topological polar surface area (TPSA) is 49.8 Å². The first kappa shape index (κ1) is 10.2. The molecule has 2 aromatic rings. The second-order valence-corrected chi connectivity index (χ2v) is 4.15. The van der Waals surface area contributed by atoms with Crippen LogP contribution in [0, 0.1) is 6.92 Å². The molecule has 1 unspecified atom stereocenters. The van der Waals surface area contributed by atoms with Gasteiger partial charge in [-0.25, -0.2) is 9.97 Å². The lowest BCUT2D eigenvalue weighted by Gasteiger charge is -2.15. The van der Waals surface area contributed by atoms with Crippen LogP contribution in [-0.2, 0) is 6.54 Å². The van der Waals surface area contributed by atoms with Gasteiger partial charge in [0, 0.05) is 12.7 Å². The van der Waals surface area contributed by atoms with Gasteiger partial charge in [-0.15, -0.1) is 0 Å². The van der Waals surface area contributed by atoms with Crippen molar-refractivity contribution < 1.29 is 0 Å². The van der Waals surface area contributed by atoms with Crippen LogP contribution in [0.5, 0.6) is 0 Å². The molecule has 1 aromatic carbocycles. The van der Waals surface area contributed by atoms with Gasteiger partial charge in [0.25, 0.3) is 0 Å². The molecule has 0 aliphatic carbocycles. The summed E-state index contributed by atoms with van der Waals surface area (Å²) in [7, 11) is 0. The quantitative estimate of drug-likeness (QED) is 0.822. The largest absolute Gasteiger partial charge is 0.351 e. The molecule has 1 atom stereocenters. The normalized spacial score (nSPS) is 17.8. The third-order valence-electron chi connectivity index (χ3n) is 2.93. The highest BCUT2D eigenvalue weighted by molar-refractivity contribution is 5.42. The maximum Gasteiger partial charge on any atom is 0.131 e. The summed E-state index contributed by atoms with van der Waals surface area (Å²) in [6.07, 6.45) is 1.91. The third kappa shape index (κ3) is 1.99. The molecule has 0 amide bonds. The average Bonchev–Trinajstić information content (AvgIpc) is 2.73. The molecule has 17 heavy (non-hydrogen) atoms. The summed E-state index contributed by atoms with van der Waals surface area (Å²) in [5, 5.41) is 6.79. The van der Waals surface area contributed by atoms with Crippen molar-refractivity contribution in [3.8, 4) is 0 Å². The third-order valence-corrected chi connectivity index (χ3v) is 2.93. The summed E-state index contributed by atoms with van der Waals surface area (Å²) in [5.41, 5.74) is 2.64. The van der Waals surface area contributed by atoms with Gasteiger partial charge in [-0.3, -0.25) is 5.32 Å². The molecular formula is C13H14N4. The summed E-state index contributed by atoms with van der Waals surface area (Å²) < 4.78 is 0. The second-order valence-electron chi connectivity index (χ2n) is 4.15. The van der Waals surface area contributed by atoms with Crippen LogP contribution >= 0.6 is 0 Å². The smallest absolute Gasteiger partial charge is 0.131 e. The molecular weight excluding hydrogens is 212 g/mol. The molecule has 86 valence electrons. The van der Waals surface area contributed by atoms with Crippen LogP contribution in [0.2, 0.25) is 0 Å². The first-order chi connectivity index (χ1) is 8.33. The van der Waals surface area contributed by atoms with Crippen molar-refractivity contribution in [2.45, 2.75) is 19.6 Å². The highest BCUT2D eigenvalue weighted by Crippen LogP contribution is 2.25. The number of rotatable bonds is 2. The van der Waals surface area contributed by atoms with Crippen molar-refractivity contribution in [1.82, 2.24) is 15.3 Å². The Morgan fingerprint density at radius 2 is 2.18 bits per heavy atom. The first-order valence-electron chi connectivity index (χ1n) is 5.70. The molecule has 3 rings (SSSR count). The van der Waals surface area contributed by atoms with Gasteiger partial charge in [-0.05, 0) is 24.1 Å². The van der Waals surface area contributed by atoms with Gasteiger partial charge < -0.3 is 5.32 Å². The van der Waals surface area contributed by atoms with Gasteiger partial charge in [0.05, 0.1) is 0 Å². The zero-order valence-electron chi connectivity index (χ0n) is 9.64. The molecule has 0 saturated carbocycles.